The van der Waals surface area contributed by atoms with Gasteiger partial charge >= 0.3 is 0 Å². The normalized spacial score (nSPS) is 12.8. The van der Waals surface area contributed by atoms with Crippen molar-refractivity contribution in [2.45, 2.75) is 32.9 Å². The van der Waals surface area contributed by atoms with Crippen LogP contribution in [0.1, 0.15) is 25.1 Å². The number of halogens is 1. The van der Waals surface area contributed by atoms with Gasteiger partial charge in [0, 0.05) is 18.0 Å². The lowest BCUT2D eigenvalue weighted by molar-refractivity contribution is -0.125. The molecule has 0 saturated carbocycles. The van der Waals surface area contributed by atoms with Crippen LogP contribution in [0.4, 0.5) is 0 Å². The third kappa shape index (κ3) is 4.77. The molecule has 1 N–H and O–H groups in total. The van der Waals surface area contributed by atoms with Crippen LogP contribution < -0.4 is 5.32 Å². The third-order valence-corrected chi connectivity index (χ3v) is 4.23. The van der Waals surface area contributed by atoms with Gasteiger partial charge in [0.1, 0.15) is 0 Å². The van der Waals surface area contributed by atoms with E-state index >= 15 is 0 Å². The van der Waals surface area contributed by atoms with E-state index in [0.717, 1.165) is 23.3 Å². The third-order valence-electron chi connectivity index (χ3n) is 2.62. The minimum absolute atomic E-state index is 0.0950. The largest absolute Gasteiger partial charge is 0.355 e. The molecule has 0 aliphatic heterocycles. The van der Waals surface area contributed by atoms with Crippen molar-refractivity contribution in [2.24, 2.45) is 0 Å². The summed E-state index contributed by atoms with van der Waals surface area (Å²) < 4.78 is 1.13. The molecule has 1 heterocycles. The number of hydrogen-bond acceptors (Lipinski definition) is 3. The highest BCUT2D eigenvalue weighted by Crippen LogP contribution is 2.23. The van der Waals surface area contributed by atoms with Crippen molar-refractivity contribution in [3.05, 3.63) is 20.8 Å². The maximum Gasteiger partial charge on any atom is 0.237 e. The SMILES string of the molecule is CCCNC(=O)C(C)N(C)Cc1ccc(Br)s1. The predicted octanol–water partition coefficient (Wildman–Crippen LogP) is 2.86. The first kappa shape index (κ1) is 14.7. The topological polar surface area (TPSA) is 32.3 Å². The van der Waals surface area contributed by atoms with Crippen LogP contribution >= 0.6 is 27.3 Å². The molecule has 1 rings (SSSR count). The van der Waals surface area contributed by atoms with E-state index in [0.29, 0.717) is 0 Å². The van der Waals surface area contributed by atoms with Gasteiger partial charge in [0.15, 0.2) is 0 Å². The number of nitrogens with zero attached hydrogens (tertiary/aromatic N) is 1. The summed E-state index contributed by atoms with van der Waals surface area (Å²) in [6.07, 6.45) is 0.972. The number of rotatable bonds is 6. The molecule has 0 bridgehead atoms. The number of thiophene rings is 1. The molecule has 0 saturated heterocycles. The molecule has 1 atom stereocenters. The number of carbonyl (C=O) groups excluding carboxylic acids is 1. The van der Waals surface area contributed by atoms with Gasteiger partial charge in [0.05, 0.1) is 9.83 Å². The van der Waals surface area contributed by atoms with Gasteiger partial charge in [-0.25, -0.2) is 0 Å². The highest BCUT2D eigenvalue weighted by atomic mass is 79.9. The Kier molecular flexibility index (Phi) is 6.16. The molecule has 5 heteroatoms. The highest BCUT2D eigenvalue weighted by molar-refractivity contribution is 9.11. The molecular weight excluding hydrogens is 300 g/mol. The molecule has 17 heavy (non-hydrogen) atoms. The smallest absolute Gasteiger partial charge is 0.237 e. The van der Waals surface area contributed by atoms with Gasteiger partial charge in [-0.1, -0.05) is 6.92 Å². The number of likely N-dealkylation sites (N-methyl/N-ethyl adjacent to an activating group) is 1. The van der Waals surface area contributed by atoms with Gasteiger partial charge in [-0.15, -0.1) is 11.3 Å². The number of carbonyl (C=O) groups is 1. The molecule has 0 aliphatic carbocycles. The molecule has 96 valence electrons. The average Bonchev–Trinajstić information content (AvgIpc) is 2.70. The van der Waals surface area contributed by atoms with Crippen molar-refractivity contribution in [1.29, 1.82) is 0 Å². The molecule has 0 radical (unpaired) electrons. The Morgan fingerprint density at radius 1 is 1.59 bits per heavy atom. The maximum absolute atomic E-state index is 11.8. The highest BCUT2D eigenvalue weighted by Gasteiger charge is 2.17. The van der Waals surface area contributed by atoms with E-state index in [1.807, 2.05) is 20.0 Å². The van der Waals surface area contributed by atoms with Crippen LogP contribution in [0.15, 0.2) is 15.9 Å². The summed E-state index contributed by atoms with van der Waals surface area (Å²) in [5.41, 5.74) is 0. The Morgan fingerprint density at radius 3 is 2.82 bits per heavy atom. The van der Waals surface area contributed by atoms with E-state index in [1.54, 1.807) is 11.3 Å². The Labute approximate surface area is 115 Å². The van der Waals surface area contributed by atoms with Crippen LogP contribution in [0.5, 0.6) is 0 Å². The van der Waals surface area contributed by atoms with Crippen LogP contribution in [0.25, 0.3) is 0 Å². The van der Waals surface area contributed by atoms with Crippen molar-refractivity contribution < 1.29 is 4.79 Å². The zero-order valence-electron chi connectivity index (χ0n) is 10.5. The fraction of sp³-hybridized carbons (Fsp3) is 0.583. The Balaban J connectivity index is 2.46. The summed E-state index contributed by atoms with van der Waals surface area (Å²) in [5.74, 6) is 0.102. The first-order chi connectivity index (χ1) is 8.04. The van der Waals surface area contributed by atoms with Crippen molar-refractivity contribution in [3.63, 3.8) is 0 Å². The second-order valence-corrected chi connectivity index (χ2v) is 6.64. The molecule has 0 aromatic carbocycles. The molecule has 3 nitrogen and oxygen atoms in total. The number of nitrogens with one attached hydrogen (secondary N) is 1. The van der Waals surface area contributed by atoms with E-state index < -0.39 is 0 Å². The zero-order valence-corrected chi connectivity index (χ0v) is 12.9. The average molecular weight is 319 g/mol. The number of hydrogen-bond donors (Lipinski definition) is 1. The molecule has 1 amide bonds. The maximum atomic E-state index is 11.8. The fourth-order valence-electron chi connectivity index (χ4n) is 1.42. The molecule has 1 aromatic rings. The quantitative estimate of drug-likeness (QED) is 0.874. The first-order valence-corrected chi connectivity index (χ1v) is 7.37. The molecule has 1 unspecified atom stereocenters. The molecule has 1 aromatic heterocycles. The second kappa shape index (κ2) is 7.13. The van der Waals surface area contributed by atoms with Crippen molar-refractivity contribution >= 4 is 33.2 Å². The van der Waals surface area contributed by atoms with Gasteiger partial charge in [-0.05, 0) is 48.5 Å². The predicted molar refractivity (Wildman–Crippen MR) is 76.2 cm³/mol. The number of amides is 1. The zero-order chi connectivity index (χ0) is 12.8. The standard InChI is InChI=1S/C12H19BrN2OS/c1-4-7-14-12(16)9(2)15(3)8-10-5-6-11(13)17-10/h5-6,9H,4,7-8H2,1-3H3,(H,14,16). The molecule has 0 fully saturated rings. The van der Waals surface area contributed by atoms with E-state index in [2.05, 4.69) is 39.1 Å². The Hall–Kier alpha value is -0.390. The first-order valence-electron chi connectivity index (χ1n) is 5.76. The summed E-state index contributed by atoms with van der Waals surface area (Å²) in [6.45, 7) is 5.55. The minimum Gasteiger partial charge on any atom is -0.355 e. The van der Waals surface area contributed by atoms with Gasteiger partial charge < -0.3 is 5.32 Å². The van der Waals surface area contributed by atoms with Gasteiger partial charge in [0.2, 0.25) is 5.91 Å². The minimum atomic E-state index is -0.0950. The van der Waals surface area contributed by atoms with E-state index in [-0.39, 0.29) is 11.9 Å². The van der Waals surface area contributed by atoms with Gasteiger partial charge in [-0.3, -0.25) is 9.69 Å². The van der Waals surface area contributed by atoms with Crippen LogP contribution in [-0.4, -0.2) is 30.4 Å². The molecular formula is C12H19BrN2OS. The summed E-state index contributed by atoms with van der Waals surface area (Å²) in [7, 11) is 1.98. The summed E-state index contributed by atoms with van der Waals surface area (Å²) in [4.78, 5) is 15.1. The van der Waals surface area contributed by atoms with Crippen molar-refractivity contribution in [1.82, 2.24) is 10.2 Å². The van der Waals surface area contributed by atoms with Crippen LogP contribution in [-0.2, 0) is 11.3 Å². The van der Waals surface area contributed by atoms with Gasteiger partial charge in [0.25, 0.3) is 0 Å². The van der Waals surface area contributed by atoms with Crippen LogP contribution in [0.3, 0.4) is 0 Å². The van der Waals surface area contributed by atoms with Crippen LogP contribution in [0.2, 0.25) is 0 Å². The van der Waals surface area contributed by atoms with E-state index in [9.17, 15) is 4.79 Å². The van der Waals surface area contributed by atoms with Crippen LogP contribution in [0, 0.1) is 0 Å². The van der Waals surface area contributed by atoms with Gasteiger partial charge in [-0.2, -0.15) is 0 Å². The van der Waals surface area contributed by atoms with E-state index in [1.165, 1.54) is 4.88 Å². The van der Waals surface area contributed by atoms with Crippen molar-refractivity contribution in [3.8, 4) is 0 Å². The lowest BCUT2D eigenvalue weighted by Gasteiger charge is -2.23. The lowest BCUT2D eigenvalue weighted by Crippen LogP contribution is -2.42. The lowest BCUT2D eigenvalue weighted by atomic mass is 10.2. The second-order valence-electron chi connectivity index (χ2n) is 4.09. The Bertz CT molecular complexity index is 367. The van der Waals surface area contributed by atoms with E-state index in [4.69, 9.17) is 0 Å². The molecule has 0 spiro atoms. The Morgan fingerprint density at radius 2 is 2.29 bits per heavy atom. The van der Waals surface area contributed by atoms with Crippen molar-refractivity contribution in [2.75, 3.05) is 13.6 Å². The summed E-state index contributed by atoms with van der Waals surface area (Å²) in [5, 5.41) is 2.92. The molecule has 0 aliphatic rings. The monoisotopic (exact) mass is 318 g/mol. The summed E-state index contributed by atoms with van der Waals surface area (Å²) >= 11 is 5.15. The summed E-state index contributed by atoms with van der Waals surface area (Å²) in [6, 6.07) is 4.03. The fourth-order valence-corrected chi connectivity index (χ4v) is 2.96.